The van der Waals surface area contributed by atoms with E-state index in [1.807, 2.05) is 0 Å². The van der Waals surface area contributed by atoms with E-state index in [9.17, 15) is 9.90 Å². The Labute approximate surface area is 185 Å². The van der Waals surface area contributed by atoms with Crippen molar-refractivity contribution >= 4 is 16.8 Å². The number of rotatable bonds is 5. The van der Waals surface area contributed by atoms with Crippen molar-refractivity contribution in [3.63, 3.8) is 0 Å². The molecule has 3 aliphatic rings. The summed E-state index contributed by atoms with van der Waals surface area (Å²) in [5.74, 6) is 0.670. The molecule has 1 amide bonds. The van der Waals surface area contributed by atoms with Gasteiger partial charge in [-0.2, -0.15) is 0 Å². The molecule has 1 saturated heterocycles. The Morgan fingerprint density at radius 1 is 1.23 bits per heavy atom. The first-order valence-corrected chi connectivity index (χ1v) is 12.3. The molecular formula is C26H37N3O2. The predicted octanol–water partition coefficient (Wildman–Crippen LogP) is 3.82. The third-order valence-electron chi connectivity index (χ3n) is 8.09. The number of aromatic nitrogens is 1. The molecule has 1 aliphatic heterocycles. The molecule has 2 aliphatic carbocycles. The maximum atomic E-state index is 13.2. The molecule has 3 atom stereocenters. The van der Waals surface area contributed by atoms with E-state index < -0.39 is 0 Å². The van der Waals surface area contributed by atoms with Crippen molar-refractivity contribution in [2.24, 2.45) is 5.92 Å². The second kappa shape index (κ2) is 8.59. The maximum absolute atomic E-state index is 13.2. The second-order valence-electron chi connectivity index (χ2n) is 10.2. The summed E-state index contributed by atoms with van der Waals surface area (Å²) >= 11 is 0. The maximum Gasteiger partial charge on any atom is 0.224 e. The molecule has 1 unspecified atom stereocenters. The zero-order valence-electron chi connectivity index (χ0n) is 19.0. The van der Waals surface area contributed by atoms with Crippen LogP contribution in [0.25, 0.3) is 10.9 Å². The van der Waals surface area contributed by atoms with Gasteiger partial charge in [0.2, 0.25) is 5.91 Å². The Hall–Kier alpha value is -1.85. The van der Waals surface area contributed by atoms with Crippen molar-refractivity contribution in [2.75, 3.05) is 13.6 Å². The lowest BCUT2D eigenvalue weighted by Crippen LogP contribution is -2.52. The molecule has 1 aromatic heterocycles. The number of aliphatic hydroxyl groups is 1. The molecule has 5 nitrogen and oxygen atoms in total. The Balaban J connectivity index is 1.37. The van der Waals surface area contributed by atoms with Crippen LogP contribution in [0.5, 0.6) is 0 Å². The van der Waals surface area contributed by atoms with Gasteiger partial charge in [0.15, 0.2) is 0 Å². The Bertz CT molecular complexity index is 944. The fourth-order valence-corrected chi connectivity index (χ4v) is 6.36. The first-order valence-electron chi connectivity index (χ1n) is 12.3. The highest BCUT2D eigenvalue weighted by atomic mass is 16.3. The smallest absolute Gasteiger partial charge is 0.224 e. The number of nitrogens with one attached hydrogen (secondary N) is 1. The van der Waals surface area contributed by atoms with Crippen LogP contribution in [0.2, 0.25) is 0 Å². The van der Waals surface area contributed by atoms with Gasteiger partial charge in [0, 0.05) is 48.2 Å². The first-order chi connectivity index (χ1) is 15.0. The summed E-state index contributed by atoms with van der Waals surface area (Å²) in [6.45, 7) is 4.17. The number of amides is 1. The number of hydrogen-bond acceptors (Lipinski definition) is 3. The first kappa shape index (κ1) is 21.0. The topological polar surface area (TPSA) is 57.5 Å². The number of unbranched alkanes of at least 4 members (excludes halogenated alkanes) is 1. The van der Waals surface area contributed by atoms with Crippen LogP contribution in [-0.4, -0.2) is 52.3 Å². The quantitative estimate of drug-likeness (QED) is 0.769. The van der Waals surface area contributed by atoms with E-state index in [2.05, 4.69) is 53.2 Å². The zero-order chi connectivity index (χ0) is 21.5. The number of hydrogen-bond donors (Lipinski definition) is 2. The van der Waals surface area contributed by atoms with Crippen LogP contribution in [0, 0.1) is 5.92 Å². The van der Waals surface area contributed by atoms with E-state index in [1.54, 1.807) is 0 Å². The highest BCUT2D eigenvalue weighted by Crippen LogP contribution is 2.45. The summed E-state index contributed by atoms with van der Waals surface area (Å²) in [6, 6.07) is 7.50. The van der Waals surface area contributed by atoms with Crippen molar-refractivity contribution in [2.45, 2.75) is 88.9 Å². The molecule has 5 rings (SSSR count). The predicted molar refractivity (Wildman–Crippen MR) is 124 cm³/mol. The van der Waals surface area contributed by atoms with Crippen molar-refractivity contribution in [3.05, 3.63) is 35.5 Å². The minimum absolute atomic E-state index is 0.0390. The van der Waals surface area contributed by atoms with Crippen LogP contribution in [0.4, 0.5) is 0 Å². The van der Waals surface area contributed by atoms with Gasteiger partial charge in [-0.1, -0.05) is 25.5 Å². The lowest BCUT2D eigenvalue weighted by atomic mass is 9.72. The van der Waals surface area contributed by atoms with E-state index in [1.165, 1.54) is 34.9 Å². The monoisotopic (exact) mass is 423 g/mol. The summed E-state index contributed by atoms with van der Waals surface area (Å²) in [5.41, 5.74) is 4.30. The van der Waals surface area contributed by atoms with Crippen molar-refractivity contribution in [3.8, 4) is 0 Å². The standard InChI is InChI=1S/C26H37N3O2/c1-3-4-12-29-16-17-14-24-22(21-6-5-7-23(29)25(17)21)13-18(15-28(24)2)26(31)27-19-8-10-20(30)11-9-19/h5-7,16,18-20,22,24,30H,3-4,8-15H2,1-2H3,(H,27,31)/t18-,19?,20?,22?,24-/m1/s1. The van der Waals surface area contributed by atoms with Gasteiger partial charge >= 0.3 is 0 Å². The average Bonchev–Trinajstić information content (AvgIpc) is 3.13. The minimum Gasteiger partial charge on any atom is -0.393 e. The number of piperidine rings is 1. The molecule has 5 heteroatoms. The van der Waals surface area contributed by atoms with Gasteiger partial charge in [-0.05, 0) is 69.2 Å². The molecule has 2 aromatic rings. The van der Waals surface area contributed by atoms with E-state index in [4.69, 9.17) is 0 Å². The summed E-state index contributed by atoms with van der Waals surface area (Å²) < 4.78 is 2.46. The summed E-state index contributed by atoms with van der Waals surface area (Å²) in [5, 5.41) is 14.5. The van der Waals surface area contributed by atoms with E-state index >= 15 is 0 Å². The van der Waals surface area contributed by atoms with Gasteiger partial charge < -0.3 is 19.9 Å². The molecule has 31 heavy (non-hydrogen) atoms. The van der Waals surface area contributed by atoms with Crippen LogP contribution < -0.4 is 5.32 Å². The Morgan fingerprint density at radius 2 is 2.03 bits per heavy atom. The number of benzene rings is 1. The van der Waals surface area contributed by atoms with Gasteiger partial charge in [0.1, 0.15) is 0 Å². The SMILES string of the molecule is CCCCn1cc2c3c(cccc31)C1C[C@@H](C(=O)NC3CCC(O)CC3)CN(C)[C@@H]1C2. The molecule has 0 spiro atoms. The second-order valence-corrected chi connectivity index (χ2v) is 10.2. The van der Waals surface area contributed by atoms with Crippen LogP contribution in [0.15, 0.2) is 24.4 Å². The van der Waals surface area contributed by atoms with E-state index in [-0.39, 0.29) is 24.0 Å². The summed E-state index contributed by atoms with van der Waals surface area (Å²) in [6.07, 6.45) is 10.1. The van der Waals surface area contributed by atoms with Crippen LogP contribution in [-0.2, 0) is 17.8 Å². The van der Waals surface area contributed by atoms with Crippen LogP contribution in [0.1, 0.15) is 68.9 Å². The molecule has 2 fully saturated rings. The molecule has 0 bridgehead atoms. The third kappa shape index (κ3) is 3.91. The number of likely N-dealkylation sites (N-methyl/N-ethyl adjacent to an activating group) is 1. The highest BCUT2D eigenvalue weighted by molar-refractivity contribution is 5.89. The number of carbonyl (C=O) groups excluding carboxylic acids is 1. The average molecular weight is 424 g/mol. The van der Waals surface area contributed by atoms with Crippen LogP contribution in [0.3, 0.4) is 0 Å². The fraction of sp³-hybridized carbons (Fsp3) is 0.654. The lowest BCUT2D eigenvalue weighted by Gasteiger charge is -2.45. The number of fused-ring (bicyclic) bond motifs is 2. The normalized spacial score (nSPS) is 30.9. The van der Waals surface area contributed by atoms with Gasteiger partial charge in [-0.3, -0.25) is 4.79 Å². The van der Waals surface area contributed by atoms with Crippen LogP contribution >= 0.6 is 0 Å². The number of nitrogens with zero attached hydrogens (tertiary/aromatic N) is 2. The fourth-order valence-electron chi connectivity index (χ4n) is 6.36. The van der Waals surface area contributed by atoms with Gasteiger partial charge in [0.25, 0.3) is 0 Å². The molecule has 168 valence electrons. The zero-order valence-corrected chi connectivity index (χ0v) is 19.0. The number of aliphatic hydroxyl groups excluding tert-OH is 1. The summed E-state index contributed by atoms with van der Waals surface area (Å²) in [7, 11) is 2.20. The molecule has 2 heterocycles. The number of aryl methyl sites for hydroxylation is 1. The molecule has 2 N–H and O–H groups in total. The third-order valence-corrected chi connectivity index (χ3v) is 8.09. The molecular weight excluding hydrogens is 386 g/mol. The van der Waals surface area contributed by atoms with E-state index in [0.29, 0.717) is 12.0 Å². The lowest BCUT2D eigenvalue weighted by molar-refractivity contribution is -0.128. The number of likely N-dealkylation sites (tertiary alicyclic amines) is 1. The molecule has 1 aromatic carbocycles. The Morgan fingerprint density at radius 3 is 2.81 bits per heavy atom. The van der Waals surface area contributed by atoms with Gasteiger partial charge in [0.05, 0.1) is 12.0 Å². The molecule has 1 saturated carbocycles. The van der Waals surface area contributed by atoms with Gasteiger partial charge in [-0.25, -0.2) is 0 Å². The molecule has 0 radical (unpaired) electrons. The van der Waals surface area contributed by atoms with Crippen molar-refractivity contribution in [1.29, 1.82) is 0 Å². The summed E-state index contributed by atoms with van der Waals surface area (Å²) in [4.78, 5) is 15.6. The van der Waals surface area contributed by atoms with Gasteiger partial charge in [-0.15, -0.1) is 0 Å². The Kier molecular flexibility index (Phi) is 5.82. The highest BCUT2D eigenvalue weighted by Gasteiger charge is 2.42. The number of carbonyl (C=O) groups is 1. The largest absolute Gasteiger partial charge is 0.393 e. The van der Waals surface area contributed by atoms with E-state index in [0.717, 1.165) is 51.6 Å². The minimum atomic E-state index is -0.184. The van der Waals surface area contributed by atoms with Crippen molar-refractivity contribution in [1.82, 2.24) is 14.8 Å². The van der Waals surface area contributed by atoms with Crippen molar-refractivity contribution < 1.29 is 9.90 Å².